The molecule has 0 aromatic carbocycles. The summed E-state index contributed by atoms with van der Waals surface area (Å²) in [7, 11) is 0. The molecule has 1 amide bonds. The summed E-state index contributed by atoms with van der Waals surface area (Å²) in [6.45, 7) is 9.76. The van der Waals surface area contributed by atoms with Crippen LogP contribution in [0, 0.1) is 0 Å². The Morgan fingerprint density at radius 3 is 2.71 bits per heavy atom. The maximum absolute atomic E-state index is 12.5. The molecule has 1 fully saturated rings. The van der Waals surface area contributed by atoms with E-state index in [-0.39, 0.29) is 11.4 Å². The van der Waals surface area contributed by atoms with E-state index in [1.54, 1.807) is 0 Å². The first-order valence-electron chi connectivity index (χ1n) is 6.76. The molecular formula is C13H26N2O2. The molecule has 17 heavy (non-hydrogen) atoms. The van der Waals surface area contributed by atoms with E-state index in [1.807, 2.05) is 25.7 Å². The minimum Gasteiger partial charge on any atom is -0.380 e. The summed E-state index contributed by atoms with van der Waals surface area (Å²) in [5.74, 6) is 0.222. The Balaban J connectivity index is 2.51. The molecule has 4 nitrogen and oxygen atoms in total. The van der Waals surface area contributed by atoms with Gasteiger partial charge in [-0.1, -0.05) is 0 Å². The summed E-state index contributed by atoms with van der Waals surface area (Å²) in [4.78, 5) is 14.3. The lowest BCUT2D eigenvalue weighted by atomic mass is 9.89. The van der Waals surface area contributed by atoms with E-state index in [2.05, 4.69) is 5.32 Å². The number of likely N-dealkylation sites (N-methyl/N-ethyl adjacent to an activating group) is 1. The highest BCUT2D eigenvalue weighted by atomic mass is 16.5. The van der Waals surface area contributed by atoms with E-state index in [0.29, 0.717) is 19.8 Å². The first-order valence-corrected chi connectivity index (χ1v) is 6.76. The maximum atomic E-state index is 12.5. The minimum absolute atomic E-state index is 0.222. The normalized spacial score (nSPS) is 24.6. The zero-order valence-corrected chi connectivity index (χ0v) is 11.4. The van der Waals surface area contributed by atoms with Gasteiger partial charge >= 0.3 is 0 Å². The largest absolute Gasteiger partial charge is 0.380 e. The van der Waals surface area contributed by atoms with Gasteiger partial charge in [-0.25, -0.2) is 0 Å². The summed E-state index contributed by atoms with van der Waals surface area (Å²) < 4.78 is 5.32. The van der Waals surface area contributed by atoms with Crippen LogP contribution in [-0.4, -0.2) is 49.2 Å². The molecule has 100 valence electrons. The minimum atomic E-state index is -0.361. The summed E-state index contributed by atoms with van der Waals surface area (Å²) >= 11 is 0. The van der Waals surface area contributed by atoms with E-state index in [4.69, 9.17) is 4.74 Å². The topological polar surface area (TPSA) is 41.6 Å². The van der Waals surface area contributed by atoms with Crippen molar-refractivity contribution in [3.63, 3.8) is 0 Å². The van der Waals surface area contributed by atoms with Crippen molar-refractivity contribution in [2.24, 2.45) is 0 Å². The summed E-state index contributed by atoms with van der Waals surface area (Å²) in [5, 5.41) is 3.37. The van der Waals surface area contributed by atoms with E-state index in [0.717, 1.165) is 25.9 Å². The highest BCUT2D eigenvalue weighted by Crippen LogP contribution is 2.21. The number of ether oxygens (including phenoxy) is 1. The Morgan fingerprint density at radius 2 is 2.18 bits per heavy atom. The molecule has 4 heteroatoms. The molecule has 1 rings (SSSR count). The van der Waals surface area contributed by atoms with Crippen molar-refractivity contribution in [2.75, 3.05) is 32.8 Å². The Hall–Kier alpha value is -0.610. The van der Waals surface area contributed by atoms with Crippen LogP contribution in [0.2, 0.25) is 0 Å². The van der Waals surface area contributed by atoms with Crippen molar-refractivity contribution in [2.45, 2.75) is 45.6 Å². The monoisotopic (exact) mass is 242 g/mol. The maximum Gasteiger partial charge on any atom is 0.242 e. The van der Waals surface area contributed by atoms with Crippen molar-refractivity contribution in [3.05, 3.63) is 0 Å². The predicted octanol–water partition coefficient (Wildman–Crippen LogP) is 1.40. The molecule has 1 saturated heterocycles. The average molecular weight is 242 g/mol. The number of nitrogens with zero attached hydrogens (tertiary/aromatic N) is 1. The second-order valence-electron chi connectivity index (χ2n) is 4.80. The smallest absolute Gasteiger partial charge is 0.242 e. The quantitative estimate of drug-likeness (QED) is 0.716. The van der Waals surface area contributed by atoms with Crippen LogP contribution in [-0.2, 0) is 9.53 Å². The molecule has 0 aliphatic carbocycles. The number of amides is 1. The molecule has 0 bridgehead atoms. The predicted molar refractivity (Wildman–Crippen MR) is 69.0 cm³/mol. The van der Waals surface area contributed by atoms with Gasteiger partial charge in [0.05, 0.1) is 12.1 Å². The summed E-state index contributed by atoms with van der Waals surface area (Å²) in [6, 6.07) is 0. The number of rotatable bonds is 6. The first kappa shape index (κ1) is 14.5. The summed E-state index contributed by atoms with van der Waals surface area (Å²) in [6.07, 6.45) is 3.25. The number of hydrogen-bond acceptors (Lipinski definition) is 3. The average Bonchev–Trinajstić information content (AvgIpc) is 2.35. The van der Waals surface area contributed by atoms with Gasteiger partial charge in [-0.05, 0) is 46.6 Å². The van der Waals surface area contributed by atoms with Crippen LogP contribution in [0.3, 0.4) is 0 Å². The van der Waals surface area contributed by atoms with Gasteiger partial charge in [0.1, 0.15) is 0 Å². The van der Waals surface area contributed by atoms with Crippen molar-refractivity contribution >= 4 is 5.91 Å². The van der Waals surface area contributed by atoms with E-state index in [1.165, 1.54) is 6.42 Å². The van der Waals surface area contributed by atoms with Crippen molar-refractivity contribution in [1.29, 1.82) is 0 Å². The van der Waals surface area contributed by atoms with Crippen LogP contribution in [0.4, 0.5) is 0 Å². The molecule has 0 aromatic rings. The van der Waals surface area contributed by atoms with Crippen molar-refractivity contribution < 1.29 is 9.53 Å². The van der Waals surface area contributed by atoms with Crippen molar-refractivity contribution in [1.82, 2.24) is 10.2 Å². The van der Waals surface area contributed by atoms with Crippen LogP contribution >= 0.6 is 0 Å². The summed E-state index contributed by atoms with van der Waals surface area (Å²) in [5.41, 5.74) is -0.361. The van der Waals surface area contributed by atoms with Crippen LogP contribution in [0.5, 0.6) is 0 Å². The van der Waals surface area contributed by atoms with Gasteiger partial charge in [0, 0.05) is 19.7 Å². The second kappa shape index (κ2) is 6.97. The van der Waals surface area contributed by atoms with Gasteiger partial charge in [0.2, 0.25) is 5.91 Å². The van der Waals surface area contributed by atoms with Gasteiger partial charge in [-0.15, -0.1) is 0 Å². The SMILES string of the molecule is CCOCCN(CC)C(=O)C1(C)CCCCN1. The fraction of sp³-hybridized carbons (Fsp3) is 0.923. The van der Waals surface area contributed by atoms with Crippen LogP contribution in [0.25, 0.3) is 0 Å². The molecule has 1 atom stereocenters. The zero-order valence-electron chi connectivity index (χ0n) is 11.4. The van der Waals surface area contributed by atoms with E-state index < -0.39 is 0 Å². The molecule has 0 spiro atoms. The van der Waals surface area contributed by atoms with Gasteiger partial charge in [-0.3, -0.25) is 4.79 Å². The Labute approximate surface area is 105 Å². The lowest BCUT2D eigenvalue weighted by molar-refractivity contribution is -0.139. The van der Waals surface area contributed by atoms with Gasteiger partial charge in [0.25, 0.3) is 0 Å². The molecule has 0 saturated carbocycles. The van der Waals surface area contributed by atoms with Gasteiger partial charge in [0.15, 0.2) is 0 Å². The van der Waals surface area contributed by atoms with Crippen molar-refractivity contribution in [3.8, 4) is 0 Å². The fourth-order valence-corrected chi connectivity index (χ4v) is 2.31. The fourth-order valence-electron chi connectivity index (χ4n) is 2.31. The third kappa shape index (κ3) is 3.96. The number of piperidine rings is 1. The molecule has 1 N–H and O–H groups in total. The lowest BCUT2D eigenvalue weighted by Gasteiger charge is -2.37. The third-order valence-corrected chi connectivity index (χ3v) is 3.47. The molecule has 0 aromatic heterocycles. The highest BCUT2D eigenvalue weighted by molar-refractivity contribution is 5.86. The number of carbonyl (C=O) groups excluding carboxylic acids is 1. The molecule has 1 heterocycles. The molecule has 1 unspecified atom stereocenters. The van der Waals surface area contributed by atoms with Gasteiger partial charge in [-0.2, -0.15) is 0 Å². The Bertz CT molecular complexity index is 238. The van der Waals surface area contributed by atoms with E-state index >= 15 is 0 Å². The van der Waals surface area contributed by atoms with E-state index in [9.17, 15) is 4.79 Å². The Morgan fingerprint density at radius 1 is 1.41 bits per heavy atom. The van der Waals surface area contributed by atoms with Gasteiger partial charge < -0.3 is 15.0 Å². The van der Waals surface area contributed by atoms with Crippen LogP contribution < -0.4 is 5.32 Å². The molecule has 1 aliphatic rings. The number of carbonyl (C=O) groups is 1. The zero-order chi connectivity index (χ0) is 12.7. The highest BCUT2D eigenvalue weighted by Gasteiger charge is 2.36. The third-order valence-electron chi connectivity index (χ3n) is 3.47. The first-order chi connectivity index (χ1) is 8.14. The Kier molecular flexibility index (Phi) is 5.92. The second-order valence-corrected chi connectivity index (χ2v) is 4.80. The molecular weight excluding hydrogens is 216 g/mol. The molecule has 0 radical (unpaired) electrons. The lowest BCUT2D eigenvalue weighted by Crippen LogP contribution is -2.58. The number of hydrogen-bond donors (Lipinski definition) is 1. The molecule has 1 aliphatic heterocycles. The van der Waals surface area contributed by atoms with Crippen LogP contribution in [0.1, 0.15) is 40.0 Å². The number of nitrogens with one attached hydrogen (secondary N) is 1. The van der Waals surface area contributed by atoms with Crippen LogP contribution in [0.15, 0.2) is 0 Å². The standard InChI is InChI=1S/C13H26N2O2/c1-4-15(10-11-17-5-2)12(16)13(3)8-6-7-9-14-13/h14H,4-11H2,1-3H3.